The summed E-state index contributed by atoms with van der Waals surface area (Å²) in [6.45, 7) is 0. The summed E-state index contributed by atoms with van der Waals surface area (Å²) in [4.78, 5) is 0. The van der Waals surface area contributed by atoms with E-state index in [9.17, 15) is 17.5 Å². The number of nitrogens with zero attached hydrogens (tertiary/aromatic N) is 2. The van der Waals surface area contributed by atoms with E-state index in [1.54, 1.807) is 0 Å². The second-order valence-corrected chi connectivity index (χ2v) is 1.56. The van der Waals surface area contributed by atoms with Gasteiger partial charge in [0.1, 0.15) is 0 Å². The van der Waals surface area contributed by atoms with Crippen molar-refractivity contribution in [1.29, 1.82) is 10.5 Å². The maximum absolute atomic E-state index is 12.0. The Labute approximate surface area is 109 Å². The Morgan fingerprint density at radius 1 is 1.09 bits per heavy atom. The molecule has 0 amide bonds. The number of hydrogen-bond acceptors (Lipinski definition) is 2. The third-order valence-corrected chi connectivity index (χ3v) is 0.807. The number of hydrogen-bond donors (Lipinski definition) is 0. The van der Waals surface area contributed by atoms with E-state index < -0.39 is 12.5 Å². The Kier molecular flexibility index (Phi) is 5.85. The second kappa shape index (κ2) is 4.56. The largest absolute Gasteiger partial charge is 1.00 e. The van der Waals surface area contributed by atoms with Crippen molar-refractivity contribution in [3.63, 3.8) is 0 Å². The van der Waals surface area contributed by atoms with Gasteiger partial charge < -0.3 is 4.32 Å². The van der Waals surface area contributed by atoms with Crippen LogP contribution < -0.4 is 58.2 Å². The summed E-state index contributed by atoms with van der Waals surface area (Å²) >= 11 is 0. The van der Waals surface area contributed by atoms with Crippen LogP contribution in [0.15, 0.2) is 0 Å². The third-order valence-electron chi connectivity index (χ3n) is 0.807. The van der Waals surface area contributed by atoms with Crippen LogP contribution in [0.3, 0.4) is 0 Å². The monoisotopic (exact) mass is 236 g/mol. The van der Waals surface area contributed by atoms with Gasteiger partial charge in [0.25, 0.3) is 0 Å². The molecule has 0 spiro atoms. The number of rotatable bonds is 0. The molecule has 0 radical (unpaired) electrons. The SMILES string of the molecule is N#C[B-](F)(C#N)C(F)(F)F.[Rb+]. The van der Waals surface area contributed by atoms with Crippen molar-refractivity contribution >= 4 is 6.42 Å². The zero-order valence-corrected chi connectivity index (χ0v) is 10.4. The molecule has 54 valence electrons. The molecule has 0 saturated heterocycles. The summed E-state index contributed by atoms with van der Waals surface area (Å²) in [7, 11) is 0. The molecule has 11 heavy (non-hydrogen) atoms. The quantitative estimate of drug-likeness (QED) is 0.365. The molecule has 0 aromatic heterocycles. The fourth-order valence-electron chi connectivity index (χ4n) is 0.175. The maximum Gasteiger partial charge on any atom is 1.00 e. The van der Waals surface area contributed by atoms with Crippen LogP contribution in [-0.4, -0.2) is 12.5 Å². The molecule has 2 nitrogen and oxygen atoms in total. The molecule has 0 aliphatic heterocycles. The molecule has 0 aromatic carbocycles. The smallest absolute Gasteiger partial charge is 0.474 e. The van der Waals surface area contributed by atoms with Gasteiger partial charge in [0, 0.05) is 0 Å². The molecule has 0 N–H and O–H groups in total. The zero-order valence-electron chi connectivity index (χ0n) is 5.48. The van der Waals surface area contributed by atoms with Crippen LogP contribution in [0, 0.1) is 22.5 Å². The van der Waals surface area contributed by atoms with Crippen molar-refractivity contribution in [1.82, 2.24) is 0 Å². The molecule has 0 fully saturated rings. The molecule has 0 unspecified atom stereocenters. The van der Waals surface area contributed by atoms with Crippen molar-refractivity contribution in [3.05, 3.63) is 0 Å². The maximum atomic E-state index is 12.0. The summed E-state index contributed by atoms with van der Waals surface area (Å²) in [6.07, 6.45) is -10.4. The number of nitriles is 2. The van der Waals surface area contributed by atoms with E-state index in [4.69, 9.17) is 10.5 Å². The summed E-state index contributed by atoms with van der Waals surface area (Å²) in [5.74, 6) is 0.556. The predicted octanol–water partition coefficient (Wildman–Crippen LogP) is -1.87. The van der Waals surface area contributed by atoms with Gasteiger partial charge in [-0.25, -0.2) is 23.7 Å². The molecular formula is C3BF4N2Rb. The van der Waals surface area contributed by atoms with Gasteiger partial charge in [-0.15, -0.1) is 0 Å². The van der Waals surface area contributed by atoms with Gasteiger partial charge >= 0.3 is 70.7 Å². The zero-order chi connectivity index (χ0) is 8.41. The Balaban J connectivity index is 0. The standard InChI is InChI=1S/C3BF4N2.Rb/c5-3(6,7)4(8,1-9)2-10;/q-1;+1. The second-order valence-electron chi connectivity index (χ2n) is 1.56. The summed E-state index contributed by atoms with van der Waals surface area (Å²) in [5, 5.41) is 15.2. The molecule has 0 bridgehead atoms. The summed E-state index contributed by atoms with van der Waals surface area (Å²) in [6, 6.07) is 0. The van der Waals surface area contributed by atoms with Crippen molar-refractivity contribution < 1.29 is 75.7 Å². The molecule has 0 aliphatic carbocycles. The molecular weight excluding hydrogens is 236 g/mol. The number of halogens is 4. The van der Waals surface area contributed by atoms with Gasteiger partial charge in [0.2, 0.25) is 0 Å². The van der Waals surface area contributed by atoms with E-state index in [2.05, 4.69) is 0 Å². The van der Waals surface area contributed by atoms with Gasteiger partial charge in [-0.05, 0) is 0 Å². The Morgan fingerprint density at radius 2 is 1.36 bits per heavy atom. The topological polar surface area (TPSA) is 47.6 Å². The fourth-order valence-corrected chi connectivity index (χ4v) is 0.175. The normalized spacial score (nSPS) is 10.7. The van der Waals surface area contributed by atoms with Crippen LogP contribution >= 0.6 is 0 Å². The molecule has 0 heterocycles. The van der Waals surface area contributed by atoms with E-state index in [0.29, 0.717) is 0 Å². The average molecular weight is 236 g/mol. The van der Waals surface area contributed by atoms with Crippen LogP contribution in [0.1, 0.15) is 0 Å². The van der Waals surface area contributed by atoms with Crippen LogP contribution in [0.4, 0.5) is 17.5 Å². The molecule has 0 rings (SSSR count). The average Bonchev–Trinajstić information content (AvgIpc) is 1.84. The van der Waals surface area contributed by atoms with E-state index >= 15 is 0 Å². The number of alkyl halides is 3. The third kappa shape index (κ3) is 3.20. The van der Waals surface area contributed by atoms with Crippen molar-refractivity contribution in [3.8, 4) is 11.9 Å². The van der Waals surface area contributed by atoms with Gasteiger partial charge in [-0.2, -0.15) is 0 Å². The van der Waals surface area contributed by atoms with E-state index in [-0.39, 0.29) is 70.1 Å². The molecule has 0 saturated carbocycles. The minimum atomic E-state index is -5.37. The molecule has 0 atom stereocenters. The summed E-state index contributed by atoms with van der Waals surface area (Å²) in [5.41, 5.74) is 0. The Hall–Kier alpha value is 0.570. The molecule has 0 aliphatic rings. The van der Waals surface area contributed by atoms with Gasteiger partial charge in [-0.3, -0.25) is 0 Å². The van der Waals surface area contributed by atoms with Gasteiger partial charge in [0.15, 0.2) is 0 Å². The van der Waals surface area contributed by atoms with Crippen LogP contribution in [-0.2, 0) is 0 Å². The van der Waals surface area contributed by atoms with Crippen LogP contribution in [0.5, 0.6) is 0 Å². The van der Waals surface area contributed by atoms with Crippen molar-refractivity contribution in [2.75, 3.05) is 0 Å². The van der Waals surface area contributed by atoms with Gasteiger partial charge in [0.05, 0.1) is 0 Å². The fraction of sp³-hybridized carbons (Fsp3) is 0.333. The molecule has 0 aromatic rings. The van der Waals surface area contributed by atoms with Crippen molar-refractivity contribution in [2.45, 2.75) is 6.08 Å². The first-order chi connectivity index (χ1) is 4.37. The minimum Gasteiger partial charge on any atom is -0.474 e. The van der Waals surface area contributed by atoms with Crippen LogP contribution in [0.25, 0.3) is 0 Å². The van der Waals surface area contributed by atoms with E-state index in [0.717, 1.165) is 0 Å². The summed E-state index contributed by atoms with van der Waals surface area (Å²) < 4.78 is 45.9. The van der Waals surface area contributed by atoms with Gasteiger partial charge in [-0.1, -0.05) is 11.9 Å². The first kappa shape index (κ1) is 14.1. The minimum absolute atomic E-state index is 0. The Bertz CT molecular complexity index is 199. The van der Waals surface area contributed by atoms with E-state index in [1.807, 2.05) is 0 Å². The van der Waals surface area contributed by atoms with Crippen molar-refractivity contribution in [2.24, 2.45) is 0 Å². The van der Waals surface area contributed by atoms with Crippen LogP contribution in [0.2, 0.25) is 0 Å². The van der Waals surface area contributed by atoms with E-state index in [1.165, 1.54) is 0 Å². The first-order valence-corrected chi connectivity index (χ1v) is 2.10. The predicted molar refractivity (Wildman–Crippen MR) is 24.1 cm³/mol. The molecule has 8 heteroatoms. The first-order valence-electron chi connectivity index (χ1n) is 2.10. The Morgan fingerprint density at radius 3 is 1.36 bits per heavy atom.